The Morgan fingerprint density at radius 1 is 0.464 bits per heavy atom. The summed E-state index contributed by atoms with van der Waals surface area (Å²) in [6, 6.07) is 0. The molecule has 0 aromatic heterocycles. The van der Waals surface area contributed by atoms with Gasteiger partial charge in [0.25, 0.3) is 0 Å². The molecule has 0 aliphatic carbocycles. The maximum atomic E-state index is 6.93. The summed E-state index contributed by atoms with van der Waals surface area (Å²) in [5.41, 5.74) is 0. The van der Waals surface area contributed by atoms with Crippen LogP contribution in [0.25, 0.3) is 0 Å². The Bertz CT molecular complexity index is 297. The van der Waals surface area contributed by atoms with Gasteiger partial charge in [-0.15, -0.1) is 12.4 Å². The largest absolute Gasteiger partial charge is 0.147 e. The van der Waals surface area contributed by atoms with Crippen molar-refractivity contribution in [2.24, 2.45) is 0 Å². The van der Waals surface area contributed by atoms with Gasteiger partial charge in [-0.05, 0) is 0 Å². The third-order valence-electron chi connectivity index (χ3n) is 6.42. The first kappa shape index (κ1) is 30.9. The first-order valence-corrected chi connectivity index (χ1v) is 15.9. The second kappa shape index (κ2) is 19.6. The fourth-order valence-electron chi connectivity index (χ4n) is 4.28. The maximum absolute atomic E-state index is 6.93. The van der Waals surface area contributed by atoms with Crippen LogP contribution in [0.1, 0.15) is 130 Å². The third-order valence-corrected chi connectivity index (χ3v) is 12.1. The van der Waals surface area contributed by atoms with Crippen LogP contribution in [-0.2, 0) is 4.52 Å². The molecule has 0 rings (SSSR count). The normalized spacial score (nSPS) is 13.1. The van der Waals surface area contributed by atoms with Crippen molar-refractivity contribution in [1.29, 1.82) is 0 Å². The Hall–Kier alpha value is 0.680. The predicted molar refractivity (Wildman–Crippen MR) is 137 cm³/mol. The van der Waals surface area contributed by atoms with E-state index in [1.165, 1.54) is 121 Å². The van der Waals surface area contributed by atoms with E-state index < -0.39 is 6.83 Å². The van der Waals surface area contributed by atoms with E-state index in [-0.39, 0.29) is 12.4 Å². The number of halogens is 1. The fraction of sp³-hybridized carbons (Fsp3) is 1.00. The molecule has 0 radical (unpaired) electrons. The van der Waals surface area contributed by atoms with Crippen molar-refractivity contribution in [2.45, 2.75) is 130 Å². The van der Waals surface area contributed by atoms with E-state index >= 15 is 0 Å². The molecule has 0 amide bonds. The summed E-state index contributed by atoms with van der Waals surface area (Å²) >= 11 is 0. The Morgan fingerprint density at radius 3 is 1.14 bits per heavy atom. The van der Waals surface area contributed by atoms with E-state index in [4.69, 9.17) is 4.52 Å². The number of rotatable bonds is 21. The summed E-state index contributed by atoms with van der Waals surface area (Å²) in [6.07, 6.45) is 26.2. The van der Waals surface area contributed by atoms with Gasteiger partial charge in [0.1, 0.15) is 0 Å². The molecular formula is C25H56ClOP. The van der Waals surface area contributed by atoms with Gasteiger partial charge >= 0.3 is 167 Å². The van der Waals surface area contributed by atoms with Gasteiger partial charge in [-0.1, -0.05) is 6.92 Å². The van der Waals surface area contributed by atoms with Crippen molar-refractivity contribution < 1.29 is 4.52 Å². The van der Waals surface area contributed by atoms with Crippen LogP contribution in [0.4, 0.5) is 0 Å². The standard InChI is InChI=1S/C25H55OP.ClH/c1-6-10-14-15-16-17-18-19-20-21-22-26-27(5,23-11-7-2,24-12-8-3)25-13-9-4;/h6-25H2,1-5H3;1H. The van der Waals surface area contributed by atoms with Crippen molar-refractivity contribution in [1.82, 2.24) is 0 Å². The Kier molecular flexibility index (Phi) is 21.6. The van der Waals surface area contributed by atoms with Crippen LogP contribution in [0.5, 0.6) is 0 Å². The van der Waals surface area contributed by atoms with Gasteiger partial charge in [-0.25, -0.2) is 0 Å². The summed E-state index contributed by atoms with van der Waals surface area (Å²) in [4.78, 5) is 0. The molecule has 0 saturated carbocycles. The van der Waals surface area contributed by atoms with Gasteiger partial charge in [0.05, 0.1) is 0 Å². The molecule has 0 N–H and O–H groups in total. The molecule has 0 aromatic carbocycles. The average Bonchev–Trinajstić information content (AvgIpc) is 2.68. The zero-order valence-corrected chi connectivity index (χ0v) is 22.1. The third kappa shape index (κ3) is 15.5. The molecule has 1 nitrogen and oxygen atoms in total. The minimum absolute atomic E-state index is 0. The van der Waals surface area contributed by atoms with Crippen LogP contribution in [0.15, 0.2) is 0 Å². The van der Waals surface area contributed by atoms with Gasteiger partial charge in [0.15, 0.2) is 0 Å². The summed E-state index contributed by atoms with van der Waals surface area (Å²) in [5, 5.41) is 0. The molecule has 0 saturated heterocycles. The van der Waals surface area contributed by atoms with Crippen molar-refractivity contribution in [3.05, 3.63) is 0 Å². The monoisotopic (exact) mass is 438 g/mol. The van der Waals surface area contributed by atoms with Crippen LogP contribution >= 0.6 is 19.2 Å². The van der Waals surface area contributed by atoms with Crippen molar-refractivity contribution >= 4 is 19.2 Å². The summed E-state index contributed by atoms with van der Waals surface area (Å²) in [5.74, 6) is 0. The summed E-state index contributed by atoms with van der Waals surface area (Å²) in [7, 11) is 0. The average molecular weight is 439 g/mol. The SMILES string of the molecule is CCCCCCCCCCCCOP(C)(CCCC)(CCCC)CCCC.Cl. The van der Waals surface area contributed by atoms with Crippen LogP contribution in [-0.4, -0.2) is 31.8 Å². The molecular weight excluding hydrogens is 383 g/mol. The number of hydrogen-bond donors (Lipinski definition) is 0. The molecule has 0 unspecified atom stereocenters. The molecule has 0 aliphatic heterocycles. The van der Waals surface area contributed by atoms with Crippen LogP contribution in [0.3, 0.4) is 0 Å². The Balaban J connectivity index is 0. The van der Waals surface area contributed by atoms with Gasteiger partial charge < -0.3 is 0 Å². The first-order chi connectivity index (χ1) is 13.0. The fourth-order valence-corrected chi connectivity index (χ4v) is 9.66. The van der Waals surface area contributed by atoms with Gasteiger partial charge in [0.2, 0.25) is 0 Å². The van der Waals surface area contributed by atoms with Crippen molar-refractivity contribution in [2.75, 3.05) is 31.8 Å². The van der Waals surface area contributed by atoms with E-state index in [1.54, 1.807) is 0 Å². The summed E-state index contributed by atoms with van der Waals surface area (Å²) < 4.78 is 6.93. The number of hydrogen-bond acceptors (Lipinski definition) is 1. The molecule has 0 atom stereocenters. The Morgan fingerprint density at radius 2 is 0.786 bits per heavy atom. The molecule has 0 aliphatic rings. The zero-order chi connectivity index (χ0) is 20.3. The molecule has 0 aromatic rings. The quantitative estimate of drug-likeness (QED) is 0.128. The topological polar surface area (TPSA) is 9.23 Å². The van der Waals surface area contributed by atoms with E-state index in [1.807, 2.05) is 0 Å². The zero-order valence-electron chi connectivity index (χ0n) is 20.4. The van der Waals surface area contributed by atoms with E-state index in [2.05, 4.69) is 34.4 Å². The molecule has 3 heteroatoms. The number of unbranched alkanes of at least 4 members (excludes halogenated alkanes) is 12. The van der Waals surface area contributed by atoms with Crippen LogP contribution in [0, 0.1) is 0 Å². The second-order valence-corrected chi connectivity index (χ2v) is 15.4. The van der Waals surface area contributed by atoms with E-state index in [0.717, 1.165) is 6.61 Å². The van der Waals surface area contributed by atoms with Gasteiger partial charge in [-0.3, -0.25) is 0 Å². The minimum atomic E-state index is -1.94. The summed E-state index contributed by atoms with van der Waals surface area (Å²) in [6.45, 7) is 11.0. The van der Waals surface area contributed by atoms with Gasteiger partial charge in [-0.2, -0.15) is 0 Å². The molecule has 0 bridgehead atoms. The molecule has 0 fully saturated rings. The van der Waals surface area contributed by atoms with Crippen molar-refractivity contribution in [3.63, 3.8) is 0 Å². The van der Waals surface area contributed by atoms with E-state index in [9.17, 15) is 0 Å². The first-order valence-electron chi connectivity index (χ1n) is 12.7. The molecule has 28 heavy (non-hydrogen) atoms. The predicted octanol–water partition coefficient (Wildman–Crippen LogP) is 9.84. The molecule has 0 spiro atoms. The second-order valence-electron chi connectivity index (χ2n) is 9.44. The van der Waals surface area contributed by atoms with E-state index in [0.29, 0.717) is 0 Å². The van der Waals surface area contributed by atoms with Crippen LogP contribution in [0.2, 0.25) is 0 Å². The minimum Gasteiger partial charge on any atom is -0.147 e. The molecule has 0 heterocycles. The smallest absolute Gasteiger partial charge is 0.147 e. The van der Waals surface area contributed by atoms with Crippen LogP contribution < -0.4 is 0 Å². The maximum Gasteiger partial charge on any atom is -0.147 e. The van der Waals surface area contributed by atoms with Crippen molar-refractivity contribution in [3.8, 4) is 0 Å². The van der Waals surface area contributed by atoms with Gasteiger partial charge in [0, 0.05) is 0 Å². The Labute approximate surface area is 186 Å². The molecule has 174 valence electrons.